The molecule has 6 aromatic carbocycles. The fourth-order valence-corrected chi connectivity index (χ4v) is 7.18. The number of hydrogen-bond acceptors (Lipinski definition) is 7. The lowest BCUT2D eigenvalue weighted by Gasteiger charge is -2.10. The van der Waals surface area contributed by atoms with Crippen LogP contribution in [0.15, 0.2) is 195 Å². The first-order valence-corrected chi connectivity index (χ1v) is 18.5. The molecule has 0 spiro atoms. The van der Waals surface area contributed by atoms with Crippen molar-refractivity contribution in [3.63, 3.8) is 0 Å². The lowest BCUT2D eigenvalue weighted by Crippen LogP contribution is -2.01. The number of aromatic nitrogens is 6. The van der Waals surface area contributed by atoms with E-state index < -0.39 is 0 Å². The van der Waals surface area contributed by atoms with Gasteiger partial charge < -0.3 is 9.47 Å². The van der Waals surface area contributed by atoms with E-state index in [0.29, 0.717) is 28.9 Å². The second-order valence-electron chi connectivity index (χ2n) is 13.5. The first-order valence-electron chi connectivity index (χ1n) is 18.5. The van der Waals surface area contributed by atoms with Crippen LogP contribution in [0.4, 0.5) is 0 Å². The third kappa shape index (κ3) is 6.83. The van der Waals surface area contributed by atoms with Gasteiger partial charge in [0.25, 0.3) is 0 Å². The summed E-state index contributed by atoms with van der Waals surface area (Å²) in [6, 6.07) is 57.0. The Morgan fingerprint density at radius 2 is 0.807 bits per heavy atom. The highest BCUT2D eigenvalue weighted by atomic mass is 16.5. The molecule has 0 atom stereocenters. The van der Waals surface area contributed by atoms with Crippen LogP contribution in [0.3, 0.4) is 0 Å². The Balaban J connectivity index is 0.974. The molecule has 8 nitrogen and oxygen atoms in total. The van der Waals surface area contributed by atoms with E-state index in [1.54, 1.807) is 0 Å². The predicted octanol–water partition coefficient (Wildman–Crippen LogP) is 12.0. The molecule has 0 amide bonds. The number of benzene rings is 6. The molecule has 0 aliphatic carbocycles. The van der Waals surface area contributed by atoms with Crippen molar-refractivity contribution in [2.24, 2.45) is 0 Å². The van der Waals surface area contributed by atoms with E-state index in [9.17, 15) is 0 Å². The van der Waals surface area contributed by atoms with Gasteiger partial charge in [0.2, 0.25) is 5.95 Å². The summed E-state index contributed by atoms with van der Waals surface area (Å²) in [5.41, 5.74) is 9.90. The molecule has 10 aromatic rings. The molecule has 4 heterocycles. The quantitative estimate of drug-likeness (QED) is 0.146. The normalized spacial score (nSPS) is 11.2. The maximum atomic E-state index is 6.51. The van der Waals surface area contributed by atoms with Gasteiger partial charge in [-0.25, -0.2) is 15.0 Å². The van der Waals surface area contributed by atoms with Gasteiger partial charge in [0.05, 0.1) is 22.4 Å². The lowest BCUT2D eigenvalue weighted by atomic mass is 10.0. The van der Waals surface area contributed by atoms with Crippen LogP contribution < -0.4 is 9.47 Å². The topological polar surface area (TPSA) is 87.8 Å². The number of rotatable bonds is 9. The minimum atomic E-state index is 0.483. The molecule has 0 saturated heterocycles. The van der Waals surface area contributed by atoms with Gasteiger partial charge in [-0.15, -0.1) is 0 Å². The van der Waals surface area contributed by atoms with Gasteiger partial charge in [-0.2, -0.15) is 0 Å². The molecule has 57 heavy (non-hydrogen) atoms. The van der Waals surface area contributed by atoms with Gasteiger partial charge in [-0.05, 0) is 95.1 Å². The first-order chi connectivity index (χ1) is 28.2. The van der Waals surface area contributed by atoms with Crippen LogP contribution in [0.25, 0.3) is 72.5 Å². The highest BCUT2D eigenvalue weighted by molar-refractivity contribution is 6.09. The van der Waals surface area contributed by atoms with E-state index in [4.69, 9.17) is 9.47 Å². The molecule has 4 aromatic heterocycles. The molecule has 0 N–H and O–H groups in total. The van der Waals surface area contributed by atoms with Gasteiger partial charge in [0.15, 0.2) is 0 Å². The minimum absolute atomic E-state index is 0.483. The standard InChI is InChI=1S/C49H32N6O2/c1-3-9-33(10-4-1)35-21-23-51-45(27-35)37-13-7-15-39(25-37)56-41-17-19-43-44-20-18-42(30-48(44)55(47(43)29-41)49-53-31-50-32-54-49)57-40-16-8-14-38(26-40)46-28-36(22-24-52-46)34-11-5-2-6-12-34/h1-32H. The fourth-order valence-electron chi connectivity index (χ4n) is 7.18. The monoisotopic (exact) mass is 736 g/mol. The highest BCUT2D eigenvalue weighted by Gasteiger charge is 2.17. The summed E-state index contributed by atoms with van der Waals surface area (Å²) in [5.74, 6) is 3.21. The Kier molecular flexibility index (Phi) is 8.66. The third-order valence-electron chi connectivity index (χ3n) is 9.86. The summed E-state index contributed by atoms with van der Waals surface area (Å²) >= 11 is 0. The van der Waals surface area contributed by atoms with E-state index in [-0.39, 0.29) is 0 Å². The molecular formula is C49H32N6O2. The molecule has 8 heteroatoms. The molecular weight excluding hydrogens is 705 g/mol. The number of hydrogen-bond donors (Lipinski definition) is 0. The molecule has 0 aliphatic heterocycles. The molecule has 0 fully saturated rings. The van der Waals surface area contributed by atoms with Crippen LogP contribution >= 0.6 is 0 Å². The average molecular weight is 737 g/mol. The molecule has 0 radical (unpaired) electrons. The van der Waals surface area contributed by atoms with Crippen molar-refractivity contribution in [2.75, 3.05) is 0 Å². The maximum absolute atomic E-state index is 6.51. The summed E-state index contributed by atoms with van der Waals surface area (Å²) in [6.45, 7) is 0. The van der Waals surface area contributed by atoms with Gasteiger partial charge in [0, 0.05) is 46.4 Å². The molecule has 0 unspecified atom stereocenters. The zero-order chi connectivity index (χ0) is 38.0. The zero-order valence-corrected chi connectivity index (χ0v) is 30.5. The summed E-state index contributed by atoms with van der Waals surface area (Å²) in [5, 5.41) is 2.04. The SMILES string of the molecule is c1ccc(-c2ccnc(-c3cccc(Oc4ccc5c6ccc(Oc7cccc(-c8cc(-c9ccccc9)ccn8)c7)cc6n(-c6ncncn6)c5c4)c3)c2)cc1. The largest absolute Gasteiger partial charge is 0.457 e. The van der Waals surface area contributed by atoms with Crippen molar-refractivity contribution in [2.45, 2.75) is 0 Å². The first kappa shape index (κ1) is 33.6. The van der Waals surface area contributed by atoms with Crippen LogP contribution in [-0.2, 0) is 0 Å². The molecule has 0 aliphatic rings. The highest BCUT2D eigenvalue weighted by Crippen LogP contribution is 2.38. The average Bonchev–Trinajstić information content (AvgIpc) is 3.60. The van der Waals surface area contributed by atoms with E-state index in [0.717, 1.165) is 66.6 Å². The van der Waals surface area contributed by atoms with Gasteiger partial charge >= 0.3 is 0 Å². The number of ether oxygens (including phenoxy) is 2. The Morgan fingerprint density at radius 3 is 1.30 bits per heavy atom. The lowest BCUT2D eigenvalue weighted by molar-refractivity contribution is 0.483. The van der Waals surface area contributed by atoms with Crippen molar-refractivity contribution in [1.29, 1.82) is 0 Å². The van der Waals surface area contributed by atoms with Crippen molar-refractivity contribution < 1.29 is 9.47 Å². The van der Waals surface area contributed by atoms with Crippen LogP contribution in [0.2, 0.25) is 0 Å². The van der Waals surface area contributed by atoms with Crippen LogP contribution in [0.5, 0.6) is 23.0 Å². The summed E-state index contributed by atoms with van der Waals surface area (Å²) in [6.07, 6.45) is 6.69. The summed E-state index contributed by atoms with van der Waals surface area (Å²) in [7, 11) is 0. The molecule has 270 valence electrons. The number of nitrogens with zero attached hydrogens (tertiary/aromatic N) is 6. The Bertz CT molecular complexity index is 2840. The smallest absolute Gasteiger partial charge is 0.237 e. The van der Waals surface area contributed by atoms with Crippen LogP contribution in [0, 0.1) is 0 Å². The zero-order valence-electron chi connectivity index (χ0n) is 30.5. The third-order valence-corrected chi connectivity index (χ3v) is 9.86. The van der Waals surface area contributed by atoms with E-state index >= 15 is 0 Å². The fraction of sp³-hybridized carbons (Fsp3) is 0. The molecule has 10 rings (SSSR count). The van der Waals surface area contributed by atoms with Gasteiger partial charge in [-0.1, -0.05) is 84.9 Å². The van der Waals surface area contributed by atoms with E-state index in [1.807, 2.05) is 138 Å². The van der Waals surface area contributed by atoms with Crippen molar-refractivity contribution in [3.05, 3.63) is 195 Å². The number of pyridine rings is 2. The molecule has 0 bridgehead atoms. The van der Waals surface area contributed by atoms with Gasteiger partial charge in [0.1, 0.15) is 35.7 Å². The van der Waals surface area contributed by atoms with Crippen molar-refractivity contribution >= 4 is 21.8 Å². The summed E-state index contributed by atoms with van der Waals surface area (Å²) < 4.78 is 15.0. The maximum Gasteiger partial charge on any atom is 0.237 e. The number of fused-ring (bicyclic) bond motifs is 3. The van der Waals surface area contributed by atoms with Gasteiger partial charge in [-0.3, -0.25) is 14.5 Å². The Morgan fingerprint density at radius 1 is 0.351 bits per heavy atom. The van der Waals surface area contributed by atoms with E-state index in [2.05, 4.69) is 73.5 Å². The van der Waals surface area contributed by atoms with E-state index in [1.165, 1.54) is 12.7 Å². The van der Waals surface area contributed by atoms with Crippen LogP contribution in [0.1, 0.15) is 0 Å². The minimum Gasteiger partial charge on any atom is -0.457 e. The predicted molar refractivity (Wildman–Crippen MR) is 225 cm³/mol. The Labute approximate surface area is 328 Å². The van der Waals surface area contributed by atoms with Crippen LogP contribution in [-0.4, -0.2) is 29.5 Å². The Hall–Kier alpha value is -7.97. The summed E-state index contributed by atoms with van der Waals surface area (Å²) in [4.78, 5) is 22.5. The second kappa shape index (κ2) is 14.7. The molecule has 0 saturated carbocycles. The van der Waals surface area contributed by atoms with Crippen molar-refractivity contribution in [3.8, 4) is 73.7 Å². The second-order valence-corrected chi connectivity index (χ2v) is 13.5. The van der Waals surface area contributed by atoms with Crippen molar-refractivity contribution in [1.82, 2.24) is 29.5 Å².